The summed E-state index contributed by atoms with van der Waals surface area (Å²) in [6, 6.07) is 7.69. The summed E-state index contributed by atoms with van der Waals surface area (Å²) in [7, 11) is -2.93. The minimum absolute atomic E-state index is 0.162. The molecular weight excluding hydrogens is 288 g/mol. The van der Waals surface area contributed by atoms with E-state index in [1.165, 1.54) is 0 Å². The summed E-state index contributed by atoms with van der Waals surface area (Å²) in [5.74, 6) is 0.458. The summed E-state index contributed by atoms with van der Waals surface area (Å²) in [4.78, 5) is 0. The predicted molar refractivity (Wildman–Crippen MR) is 71.5 cm³/mol. The van der Waals surface area contributed by atoms with Gasteiger partial charge < -0.3 is 0 Å². The van der Waals surface area contributed by atoms with Crippen molar-refractivity contribution in [2.24, 2.45) is 0 Å². The van der Waals surface area contributed by atoms with Crippen LogP contribution in [0.2, 0.25) is 0 Å². The van der Waals surface area contributed by atoms with Crippen LogP contribution in [0.5, 0.6) is 0 Å². The Hall–Kier alpha value is -0.350. The number of benzene rings is 1. The molecular formula is C12H17BrO2S. The number of sulfone groups is 1. The van der Waals surface area contributed by atoms with Gasteiger partial charge in [0.1, 0.15) is 0 Å². The molecule has 1 rings (SSSR count). The molecule has 0 aliphatic rings. The van der Waals surface area contributed by atoms with Gasteiger partial charge in [0.15, 0.2) is 9.84 Å². The summed E-state index contributed by atoms with van der Waals surface area (Å²) < 4.78 is 23.4. The maximum atomic E-state index is 11.7. The van der Waals surface area contributed by atoms with Gasteiger partial charge in [0.05, 0.1) is 11.5 Å². The summed E-state index contributed by atoms with van der Waals surface area (Å²) in [5.41, 5.74) is 2.04. The molecule has 0 saturated heterocycles. The molecule has 0 aromatic heterocycles. The van der Waals surface area contributed by atoms with Gasteiger partial charge in [-0.2, -0.15) is 0 Å². The van der Waals surface area contributed by atoms with Crippen molar-refractivity contribution in [3.8, 4) is 0 Å². The lowest BCUT2D eigenvalue weighted by Gasteiger charge is -2.04. The number of hydrogen-bond donors (Lipinski definition) is 0. The number of alkyl halides is 1. The molecule has 2 nitrogen and oxygen atoms in total. The van der Waals surface area contributed by atoms with Crippen molar-refractivity contribution < 1.29 is 8.42 Å². The van der Waals surface area contributed by atoms with E-state index in [0.29, 0.717) is 5.75 Å². The van der Waals surface area contributed by atoms with Crippen LogP contribution < -0.4 is 0 Å². The zero-order chi connectivity index (χ0) is 12.0. The molecule has 0 amide bonds. The molecule has 0 unspecified atom stereocenters. The fourth-order valence-electron chi connectivity index (χ4n) is 1.41. The Balaban J connectivity index is 2.65. The first-order valence-electron chi connectivity index (χ1n) is 5.41. The molecule has 0 aliphatic carbocycles. The van der Waals surface area contributed by atoms with Crippen LogP contribution in [0.4, 0.5) is 0 Å². The van der Waals surface area contributed by atoms with Gasteiger partial charge in [0.2, 0.25) is 0 Å². The molecule has 1 aromatic carbocycles. The maximum Gasteiger partial charge on any atom is 0.154 e. The number of unbranched alkanes of at least 4 members (excludes halogenated alkanes) is 1. The highest BCUT2D eigenvalue weighted by Crippen LogP contribution is 2.12. The second-order valence-electron chi connectivity index (χ2n) is 3.90. The van der Waals surface area contributed by atoms with Crippen LogP contribution in [-0.4, -0.2) is 14.2 Å². The molecule has 0 heterocycles. The van der Waals surface area contributed by atoms with Gasteiger partial charge in [-0.1, -0.05) is 53.5 Å². The minimum atomic E-state index is -2.93. The summed E-state index contributed by atoms with van der Waals surface area (Å²) in [5, 5.41) is 0.801. The number of hydrogen-bond acceptors (Lipinski definition) is 2. The second-order valence-corrected chi connectivity index (χ2v) is 6.64. The molecule has 1 aromatic rings. The quantitative estimate of drug-likeness (QED) is 0.756. The van der Waals surface area contributed by atoms with E-state index in [1.54, 1.807) is 0 Å². The molecule has 0 bridgehead atoms. The van der Waals surface area contributed by atoms with E-state index in [9.17, 15) is 8.42 Å². The zero-order valence-electron chi connectivity index (χ0n) is 9.45. The fraction of sp³-hybridized carbons (Fsp3) is 0.500. The smallest absolute Gasteiger partial charge is 0.154 e. The van der Waals surface area contributed by atoms with Crippen molar-refractivity contribution in [1.82, 2.24) is 0 Å². The molecule has 90 valence electrons. The maximum absolute atomic E-state index is 11.7. The van der Waals surface area contributed by atoms with E-state index < -0.39 is 9.84 Å². The standard InChI is InChI=1S/C12H17BrO2S/c1-2-3-8-16(14,15)10-12-6-4-11(9-13)5-7-12/h4-7H,2-3,8-10H2,1H3. The average molecular weight is 305 g/mol. The predicted octanol–water partition coefficient (Wildman–Crippen LogP) is 3.30. The minimum Gasteiger partial charge on any atom is -0.228 e. The van der Waals surface area contributed by atoms with Crippen LogP contribution in [0, 0.1) is 0 Å². The molecule has 0 N–H and O–H groups in total. The molecule has 4 heteroatoms. The summed E-state index contributed by atoms with van der Waals surface area (Å²) >= 11 is 3.36. The van der Waals surface area contributed by atoms with Gasteiger partial charge in [0.25, 0.3) is 0 Å². The Morgan fingerprint density at radius 3 is 2.19 bits per heavy atom. The SMILES string of the molecule is CCCCS(=O)(=O)Cc1ccc(CBr)cc1. The van der Waals surface area contributed by atoms with Gasteiger partial charge in [0, 0.05) is 5.33 Å². The fourth-order valence-corrected chi connectivity index (χ4v) is 3.36. The first kappa shape index (κ1) is 13.7. The van der Waals surface area contributed by atoms with E-state index in [2.05, 4.69) is 15.9 Å². The highest BCUT2D eigenvalue weighted by Gasteiger charge is 2.10. The highest BCUT2D eigenvalue weighted by atomic mass is 79.9. The van der Waals surface area contributed by atoms with Crippen LogP contribution in [0.15, 0.2) is 24.3 Å². The zero-order valence-corrected chi connectivity index (χ0v) is 11.9. The monoisotopic (exact) mass is 304 g/mol. The normalized spacial score (nSPS) is 11.6. The lowest BCUT2D eigenvalue weighted by Crippen LogP contribution is -2.09. The van der Waals surface area contributed by atoms with Crippen LogP contribution in [-0.2, 0) is 20.9 Å². The van der Waals surface area contributed by atoms with Crippen molar-refractivity contribution in [1.29, 1.82) is 0 Å². The topological polar surface area (TPSA) is 34.1 Å². The van der Waals surface area contributed by atoms with Gasteiger partial charge in [-0.3, -0.25) is 0 Å². The van der Waals surface area contributed by atoms with E-state index >= 15 is 0 Å². The Morgan fingerprint density at radius 1 is 1.12 bits per heavy atom. The molecule has 0 aliphatic heterocycles. The van der Waals surface area contributed by atoms with E-state index in [4.69, 9.17) is 0 Å². The molecule has 0 saturated carbocycles. The summed E-state index contributed by atoms with van der Waals surface area (Å²) in [6.07, 6.45) is 1.67. The van der Waals surface area contributed by atoms with E-state index in [-0.39, 0.29) is 5.75 Å². The van der Waals surface area contributed by atoms with Gasteiger partial charge >= 0.3 is 0 Å². The Morgan fingerprint density at radius 2 is 1.69 bits per heavy atom. The first-order chi connectivity index (χ1) is 7.57. The lowest BCUT2D eigenvalue weighted by atomic mass is 10.2. The van der Waals surface area contributed by atoms with Crippen LogP contribution in [0.25, 0.3) is 0 Å². The Bertz CT molecular complexity index is 409. The third-order valence-electron chi connectivity index (χ3n) is 2.37. The molecule has 0 atom stereocenters. The largest absolute Gasteiger partial charge is 0.228 e. The second kappa shape index (κ2) is 6.40. The van der Waals surface area contributed by atoms with Gasteiger partial charge in [-0.05, 0) is 17.5 Å². The number of halogens is 1. The Kier molecular flexibility index (Phi) is 5.49. The van der Waals surface area contributed by atoms with Crippen molar-refractivity contribution in [3.05, 3.63) is 35.4 Å². The van der Waals surface area contributed by atoms with Gasteiger partial charge in [-0.25, -0.2) is 8.42 Å². The lowest BCUT2D eigenvalue weighted by molar-refractivity contribution is 0.592. The van der Waals surface area contributed by atoms with E-state index in [0.717, 1.165) is 29.3 Å². The first-order valence-corrected chi connectivity index (χ1v) is 8.36. The molecule has 0 radical (unpaired) electrons. The van der Waals surface area contributed by atoms with Crippen LogP contribution >= 0.6 is 15.9 Å². The van der Waals surface area contributed by atoms with Crippen LogP contribution in [0.3, 0.4) is 0 Å². The van der Waals surface area contributed by atoms with Crippen LogP contribution in [0.1, 0.15) is 30.9 Å². The van der Waals surface area contributed by atoms with Crippen molar-refractivity contribution in [2.45, 2.75) is 30.8 Å². The highest BCUT2D eigenvalue weighted by molar-refractivity contribution is 9.08. The molecule has 16 heavy (non-hydrogen) atoms. The number of rotatable bonds is 6. The molecule has 0 fully saturated rings. The van der Waals surface area contributed by atoms with Crippen molar-refractivity contribution in [3.63, 3.8) is 0 Å². The third kappa shape index (κ3) is 4.66. The van der Waals surface area contributed by atoms with Crippen molar-refractivity contribution >= 4 is 25.8 Å². The van der Waals surface area contributed by atoms with E-state index in [1.807, 2.05) is 31.2 Å². The van der Waals surface area contributed by atoms with Crippen molar-refractivity contribution in [2.75, 3.05) is 5.75 Å². The third-order valence-corrected chi connectivity index (χ3v) is 4.70. The Labute approximate surface area is 106 Å². The molecule has 0 spiro atoms. The van der Waals surface area contributed by atoms with Gasteiger partial charge in [-0.15, -0.1) is 0 Å². The average Bonchev–Trinajstić information content (AvgIpc) is 2.27. The summed E-state index contributed by atoms with van der Waals surface area (Å²) in [6.45, 7) is 2.00.